The van der Waals surface area contributed by atoms with E-state index >= 15 is 0 Å². The highest BCUT2D eigenvalue weighted by molar-refractivity contribution is 5.87. The first-order valence-electron chi connectivity index (χ1n) is 10.9. The maximum Gasteiger partial charge on any atom is 0.243 e. The fourth-order valence-corrected chi connectivity index (χ4v) is 4.03. The highest BCUT2D eigenvalue weighted by atomic mass is 16.5. The number of hydrogen-bond donors (Lipinski definition) is 4. The number of nitrogens with one attached hydrogen (secondary N) is 3. The molecule has 1 aliphatic carbocycles. The highest BCUT2D eigenvalue weighted by Crippen LogP contribution is 2.28. The van der Waals surface area contributed by atoms with Crippen molar-refractivity contribution in [1.29, 1.82) is 0 Å². The predicted molar refractivity (Wildman–Crippen MR) is 126 cm³/mol. The Bertz CT molecular complexity index is 995. The Morgan fingerprint density at radius 2 is 1.72 bits per heavy atom. The number of nitrogens with zero attached hydrogens (tertiary/aromatic N) is 1. The van der Waals surface area contributed by atoms with E-state index in [0.717, 1.165) is 48.6 Å². The number of carbonyl (C=O) groups excluding carboxylic acids is 1. The summed E-state index contributed by atoms with van der Waals surface area (Å²) in [5.41, 5.74) is 6.52. The van der Waals surface area contributed by atoms with E-state index in [1.54, 1.807) is 6.34 Å². The van der Waals surface area contributed by atoms with Crippen molar-refractivity contribution in [2.75, 3.05) is 0 Å². The van der Waals surface area contributed by atoms with Crippen LogP contribution >= 0.6 is 0 Å². The summed E-state index contributed by atoms with van der Waals surface area (Å²) in [6.07, 6.45) is 8.63. The zero-order chi connectivity index (χ0) is 22.4. The standard InChI is InChI=1S/C25H29N5O2/c1-2-24(31)30-20-12-10-19(11-13-20)29-23-16-25(26,28-17-27-23)18-8-14-22(15-9-18)32-21-6-4-3-5-7-21/h2-9,14-17,19-20,29H,1,10-13,26H2,(H,27,28)(H,30,31). The summed E-state index contributed by atoms with van der Waals surface area (Å²) >= 11 is 0. The van der Waals surface area contributed by atoms with Crippen LogP contribution < -0.4 is 26.4 Å². The minimum absolute atomic E-state index is 0.109. The Balaban J connectivity index is 1.37. The number of nitrogens with two attached hydrogens (primary N) is 1. The molecule has 5 N–H and O–H groups in total. The lowest BCUT2D eigenvalue weighted by molar-refractivity contribution is -0.117. The van der Waals surface area contributed by atoms with Crippen molar-refractivity contribution >= 4 is 12.2 Å². The number of rotatable bonds is 7. The summed E-state index contributed by atoms with van der Waals surface area (Å²) in [6, 6.07) is 17.8. The van der Waals surface area contributed by atoms with Gasteiger partial charge in [-0.1, -0.05) is 36.9 Å². The largest absolute Gasteiger partial charge is 0.457 e. The van der Waals surface area contributed by atoms with Gasteiger partial charge in [0.2, 0.25) is 5.91 Å². The van der Waals surface area contributed by atoms with Crippen LogP contribution in [0.1, 0.15) is 31.2 Å². The van der Waals surface area contributed by atoms with Gasteiger partial charge in [0, 0.05) is 18.2 Å². The van der Waals surface area contributed by atoms with Crippen LogP contribution in [0.2, 0.25) is 0 Å². The summed E-state index contributed by atoms with van der Waals surface area (Å²) in [4.78, 5) is 16.0. The molecule has 1 heterocycles. The van der Waals surface area contributed by atoms with Gasteiger partial charge in [-0.2, -0.15) is 0 Å². The lowest BCUT2D eigenvalue weighted by atomic mass is 9.91. The van der Waals surface area contributed by atoms with Crippen molar-refractivity contribution in [2.45, 2.75) is 43.4 Å². The number of hydrogen-bond acceptors (Lipinski definition) is 6. The van der Waals surface area contributed by atoms with Gasteiger partial charge in [0.05, 0.1) is 6.34 Å². The molecule has 7 nitrogen and oxygen atoms in total. The first-order valence-corrected chi connectivity index (χ1v) is 10.9. The van der Waals surface area contributed by atoms with Crippen LogP contribution in [0, 0.1) is 0 Å². The van der Waals surface area contributed by atoms with E-state index in [0.29, 0.717) is 6.04 Å². The van der Waals surface area contributed by atoms with Gasteiger partial charge in [0.1, 0.15) is 17.3 Å². The van der Waals surface area contributed by atoms with Crippen molar-refractivity contribution < 1.29 is 9.53 Å². The number of amides is 1. The quantitative estimate of drug-likeness (QED) is 0.504. The average molecular weight is 432 g/mol. The number of carbonyl (C=O) groups is 1. The Morgan fingerprint density at radius 1 is 1.06 bits per heavy atom. The SMILES string of the molecule is C=CC(=O)NC1CCC(NC2=CC(N)(c3ccc(Oc4ccccc4)cc3)N=CN2)CC1. The molecule has 0 saturated heterocycles. The molecule has 2 aromatic carbocycles. The first kappa shape index (κ1) is 21.6. The maximum absolute atomic E-state index is 11.5. The van der Waals surface area contributed by atoms with Crippen LogP contribution in [0.25, 0.3) is 0 Å². The second kappa shape index (κ2) is 9.70. The molecular weight excluding hydrogens is 402 g/mol. The van der Waals surface area contributed by atoms with Gasteiger partial charge < -0.3 is 20.7 Å². The predicted octanol–water partition coefficient (Wildman–Crippen LogP) is 3.27. The monoisotopic (exact) mass is 431 g/mol. The molecule has 4 rings (SSSR count). The van der Waals surface area contributed by atoms with Gasteiger partial charge in [-0.15, -0.1) is 0 Å². The second-order valence-electron chi connectivity index (χ2n) is 8.13. The van der Waals surface area contributed by atoms with E-state index in [1.807, 2.05) is 60.7 Å². The Hall–Kier alpha value is -3.58. The number of aliphatic imine (C=N–C) groups is 1. The molecule has 1 saturated carbocycles. The first-order chi connectivity index (χ1) is 15.5. The summed E-state index contributed by atoms with van der Waals surface area (Å²) in [7, 11) is 0. The van der Waals surface area contributed by atoms with Gasteiger partial charge in [-0.25, -0.2) is 4.99 Å². The van der Waals surface area contributed by atoms with Crippen molar-refractivity contribution in [2.24, 2.45) is 10.7 Å². The normalized spacial score (nSPS) is 24.6. The summed E-state index contributed by atoms with van der Waals surface area (Å²) in [5, 5.41) is 9.68. The third-order valence-electron chi connectivity index (χ3n) is 5.78. The molecule has 2 aliphatic rings. The fourth-order valence-electron chi connectivity index (χ4n) is 4.03. The lowest BCUT2D eigenvalue weighted by Crippen LogP contribution is -2.46. The zero-order valence-corrected chi connectivity index (χ0v) is 18.0. The zero-order valence-electron chi connectivity index (χ0n) is 18.0. The van der Waals surface area contributed by atoms with Crippen molar-refractivity contribution in [3.05, 3.63) is 84.7 Å². The highest BCUT2D eigenvalue weighted by Gasteiger charge is 2.28. The molecule has 7 heteroatoms. The van der Waals surface area contributed by atoms with Crippen LogP contribution in [-0.2, 0) is 10.5 Å². The molecule has 0 spiro atoms. The molecule has 1 amide bonds. The summed E-state index contributed by atoms with van der Waals surface area (Å²) in [6.45, 7) is 3.51. The van der Waals surface area contributed by atoms with Gasteiger partial charge in [0.25, 0.3) is 0 Å². The third-order valence-corrected chi connectivity index (χ3v) is 5.78. The number of para-hydroxylation sites is 1. The Kier molecular flexibility index (Phi) is 6.56. The molecule has 0 radical (unpaired) electrons. The smallest absolute Gasteiger partial charge is 0.243 e. The van der Waals surface area contributed by atoms with Crippen LogP contribution in [0.15, 0.2) is 84.1 Å². The van der Waals surface area contributed by atoms with E-state index in [2.05, 4.69) is 27.5 Å². The van der Waals surface area contributed by atoms with Crippen molar-refractivity contribution in [3.63, 3.8) is 0 Å². The third kappa shape index (κ3) is 5.36. The molecule has 1 unspecified atom stereocenters. The van der Waals surface area contributed by atoms with Crippen LogP contribution in [0.5, 0.6) is 11.5 Å². The minimum atomic E-state index is -0.964. The van der Waals surface area contributed by atoms with E-state index in [-0.39, 0.29) is 11.9 Å². The van der Waals surface area contributed by atoms with E-state index in [9.17, 15) is 4.79 Å². The summed E-state index contributed by atoms with van der Waals surface area (Å²) in [5.74, 6) is 2.25. The van der Waals surface area contributed by atoms with Gasteiger partial charge in [-0.05, 0) is 61.6 Å². The van der Waals surface area contributed by atoms with Crippen LogP contribution in [-0.4, -0.2) is 24.3 Å². The molecular formula is C25H29N5O2. The molecule has 0 bridgehead atoms. The van der Waals surface area contributed by atoms with Gasteiger partial charge in [0.15, 0.2) is 5.66 Å². The lowest BCUT2D eigenvalue weighted by Gasteiger charge is -2.33. The molecule has 166 valence electrons. The maximum atomic E-state index is 11.5. The average Bonchev–Trinajstić information content (AvgIpc) is 2.81. The minimum Gasteiger partial charge on any atom is -0.457 e. The Morgan fingerprint density at radius 3 is 2.41 bits per heavy atom. The Labute approximate surface area is 188 Å². The molecule has 32 heavy (non-hydrogen) atoms. The molecule has 1 aliphatic heterocycles. The fraction of sp³-hybridized carbons (Fsp3) is 0.280. The molecule has 1 atom stereocenters. The molecule has 2 aromatic rings. The summed E-state index contributed by atoms with van der Waals surface area (Å²) < 4.78 is 5.86. The van der Waals surface area contributed by atoms with Gasteiger partial charge >= 0.3 is 0 Å². The van der Waals surface area contributed by atoms with Gasteiger partial charge in [-0.3, -0.25) is 10.5 Å². The number of benzene rings is 2. The molecule has 1 fully saturated rings. The second-order valence-corrected chi connectivity index (χ2v) is 8.13. The van der Waals surface area contributed by atoms with Crippen LogP contribution in [0.3, 0.4) is 0 Å². The molecule has 0 aromatic heterocycles. The van der Waals surface area contributed by atoms with Crippen molar-refractivity contribution in [1.82, 2.24) is 16.0 Å². The number of ether oxygens (including phenoxy) is 1. The van der Waals surface area contributed by atoms with Crippen molar-refractivity contribution in [3.8, 4) is 11.5 Å². The van der Waals surface area contributed by atoms with E-state index in [1.165, 1.54) is 6.08 Å². The topological polar surface area (TPSA) is 101 Å². The van der Waals surface area contributed by atoms with Crippen LogP contribution in [0.4, 0.5) is 0 Å². The van der Waals surface area contributed by atoms with E-state index < -0.39 is 5.66 Å². The van der Waals surface area contributed by atoms with E-state index in [4.69, 9.17) is 10.5 Å².